The lowest BCUT2D eigenvalue weighted by Gasteiger charge is -2.13. The predicted molar refractivity (Wildman–Crippen MR) is 86.2 cm³/mol. The van der Waals surface area contributed by atoms with Gasteiger partial charge in [0, 0.05) is 21.9 Å². The molecule has 0 aliphatic rings. The van der Waals surface area contributed by atoms with Crippen molar-refractivity contribution in [3.8, 4) is 0 Å². The van der Waals surface area contributed by atoms with Gasteiger partial charge >= 0.3 is 0 Å². The molecule has 21 heavy (non-hydrogen) atoms. The largest absolute Gasteiger partial charge is 0.374 e. The number of anilines is 1. The third kappa shape index (κ3) is 3.92. The molecule has 0 fully saturated rings. The Morgan fingerprint density at radius 1 is 1.43 bits per heavy atom. The summed E-state index contributed by atoms with van der Waals surface area (Å²) in [5.41, 5.74) is 1.27. The van der Waals surface area contributed by atoms with Gasteiger partial charge in [-0.2, -0.15) is 0 Å². The van der Waals surface area contributed by atoms with Crippen LogP contribution in [0.15, 0.2) is 23.6 Å². The van der Waals surface area contributed by atoms with Gasteiger partial charge in [0.1, 0.15) is 5.69 Å². The van der Waals surface area contributed by atoms with E-state index in [2.05, 4.69) is 31.1 Å². The van der Waals surface area contributed by atoms with E-state index in [4.69, 9.17) is 11.6 Å². The van der Waals surface area contributed by atoms with Gasteiger partial charge in [-0.25, -0.2) is 4.98 Å². The Hall–Kier alpha value is -1.66. The van der Waals surface area contributed by atoms with Crippen molar-refractivity contribution in [2.75, 3.05) is 5.32 Å². The van der Waals surface area contributed by atoms with Gasteiger partial charge in [-0.1, -0.05) is 32.4 Å². The van der Waals surface area contributed by atoms with Crippen LogP contribution in [-0.2, 0) is 12.0 Å². The quantitative estimate of drug-likeness (QED) is 0.658. The molecule has 1 aromatic heterocycles. The van der Waals surface area contributed by atoms with Gasteiger partial charge in [0.05, 0.1) is 22.2 Å². The second-order valence-electron chi connectivity index (χ2n) is 5.67. The fraction of sp³-hybridized carbons (Fsp3) is 0.357. The molecule has 0 saturated carbocycles. The molecule has 0 aliphatic carbocycles. The highest BCUT2D eigenvalue weighted by Gasteiger charge is 2.18. The van der Waals surface area contributed by atoms with Gasteiger partial charge in [0.2, 0.25) is 0 Å². The summed E-state index contributed by atoms with van der Waals surface area (Å²) in [7, 11) is 0. The second-order valence-corrected chi connectivity index (χ2v) is 6.96. The van der Waals surface area contributed by atoms with E-state index in [1.54, 1.807) is 17.4 Å². The monoisotopic (exact) mass is 325 g/mol. The number of aromatic nitrogens is 1. The molecule has 112 valence electrons. The smallest absolute Gasteiger partial charge is 0.292 e. The maximum Gasteiger partial charge on any atom is 0.292 e. The van der Waals surface area contributed by atoms with Crippen molar-refractivity contribution in [1.29, 1.82) is 0 Å². The minimum Gasteiger partial charge on any atom is -0.374 e. The molecule has 1 N–H and O–H groups in total. The van der Waals surface area contributed by atoms with Gasteiger partial charge in [0.25, 0.3) is 5.69 Å². The molecule has 5 nitrogen and oxygen atoms in total. The Labute approximate surface area is 132 Å². The maximum atomic E-state index is 11.0. The zero-order valence-electron chi connectivity index (χ0n) is 12.0. The topological polar surface area (TPSA) is 68.1 Å². The molecular formula is C14H16ClN3O2S. The summed E-state index contributed by atoms with van der Waals surface area (Å²) in [5, 5.41) is 17.5. The lowest BCUT2D eigenvalue weighted by Crippen LogP contribution is -2.11. The number of nitrogens with zero attached hydrogens (tertiary/aromatic N) is 2. The standard InChI is InChI=1S/C14H16ClN3O2S/c1-14(2,3)13-17-10(8-21-13)7-16-11-6-9(15)4-5-12(11)18(19)20/h4-6,8,16H,7H2,1-3H3. The fourth-order valence-electron chi connectivity index (χ4n) is 1.73. The zero-order chi connectivity index (χ0) is 15.6. The molecule has 0 spiro atoms. The summed E-state index contributed by atoms with van der Waals surface area (Å²) < 4.78 is 0. The van der Waals surface area contributed by atoms with Crippen LogP contribution in [-0.4, -0.2) is 9.91 Å². The van der Waals surface area contributed by atoms with Crippen LogP contribution in [0.2, 0.25) is 5.02 Å². The zero-order valence-corrected chi connectivity index (χ0v) is 13.6. The highest BCUT2D eigenvalue weighted by molar-refractivity contribution is 7.09. The van der Waals surface area contributed by atoms with Crippen LogP contribution in [0.1, 0.15) is 31.5 Å². The Kier molecular flexibility index (Phi) is 4.49. The van der Waals surface area contributed by atoms with Crippen LogP contribution in [0.3, 0.4) is 0 Å². The van der Waals surface area contributed by atoms with E-state index in [9.17, 15) is 10.1 Å². The summed E-state index contributed by atoms with van der Waals surface area (Å²) >= 11 is 7.49. The molecule has 1 aromatic carbocycles. The van der Waals surface area contributed by atoms with E-state index >= 15 is 0 Å². The van der Waals surface area contributed by atoms with Crippen molar-refractivity contribution in [3.63, 3.8) is 0 Å². The number of nitro groups is 1. The van der Waals surface area contributed by atoms with Crippen LogP contribution in [0, 0.1) is 10.1 Å². The minimum atomic E-state index is -0.430. The van der Waals surface area contributed by atoms with E-state index in [1.165, 1.54) is 12.1 Å². The number of hydrogen-bond acceptors (Lipinski definition) is 5. The first-order valence-corrected chi connectivity index (χ1v) is 7.66. The summed E-state index contributed by atoms with van der Waals surface area (Å²) in [6.45, 7) is 6.73. The van der Waals surface area contributed by atoms with Gasteiger partial charge in [0.15, 0.2) is 0 Å². The van der Waals surface area contributed by atoms with Gasteiger partial charge < -0.3 is 5.32 Å². The Bertz CT molecular complexity index is 664. The van der Waals surface area contributed by atoms with Crippen molar-refractivity contribution in [2.24, 2.45) is 0 Å². The molecule has 0 atom stereocenters. The van der Waals surface area contributed by atoms with Crippen molar-refractivity contribution >= 4 is 34.3 Å². The summed E-state index contributed by atoms with van der Waals surface area (Å²) in [6, 6.07) is 4.45. The predicted octanol–water partition coefficient (Wildman–Crippen LogP) is 4.61. The van der Waals surface area contributed by atoms with Crippen LogP contribution in [0.25, 0.3) is 0 Å². The lowest BCUT2D eigenvalue weighted by atomic mass is 9.98. The van der Waals surface area contributed by atoms with Crippen LogP contribution in [0.4, 0.5) is 11.4 Å². The van der Waals surface area contributed by atoms with Crippen LogP contribution >= 0.6 is 22.9 Å². The minimum absolute atomic E-state index is 0.00493. The normalized spacial score (nSPS) is 11.4. The summed E-state index contributed by atoms with van der Waals surface area (Å²) in [4.78, 5) is 15.1. The van der Waals surface area contributed by atoms with E-state index in [0.29, 0.717) is 17.3 Å². The summed E-state index contributed by atoms with van der Waals surface area (Å²) in [6.07, 6.45) is 0. The molecule has 0 amide bonds. The highest BCUT2D eigenvalue weighted by atomic mass is 35.5. The molecule has 2 aromatic rings. The van der Waals surface area contributed by atoms with Crippen LogP contribution < -0.4 is 5.32 Å². The Morgan fingerprint density at radius 3 is 2.71 bits per heavy atom. The SMILES string of the molecule is CC(C)(C)c1nc(CNc2cc(Cl)ccc2[N+](=O)[O-])cs1. The molecule has 0 aliphatic heterocycles. The number of halogens is 1. The molecule has 0 radical (unpaired) electrons. The van der Waals surface area contributed by atoms with Crippen LogP contribution in [0.5, 0.6) is 0 Å². The third-order valence-corrected chi connectivity index (χ3v) is 4.36. The third-order valence-electron chi connectivity index (χ3n) is 2.81. The number of hydrogen-bond donors (Lipinski definition) is 1. The molecule has 2 rings (SSSR count). The van der Waals surface area contributed by atoms with E-state index in [0.717, 1.165) is 10.7 Å². The van der Waals surface area contributed by atoms with Crippen molar-refractivity contribution in [2.45, 2.75) is 32.7 Å². The first kappa shape index (κ1) is 15.7. The van der Waals surface area contributed by atoms with Gasteiger partial charge in [-0.3, -0.25) is 10.1 Å². The Balaban J connectivity index is 2.15. The van der Waals surface area contributed by atoms with Crippen molar-refractivity contribution in [1.82, 2.24) is 4.98 Å². The number of rotatable bonds is 4. The molecule has 0 saturated heterocycles. The number of benzene rings is 1. The first-order chi connectivity index (χ1) is 9.77. The van der Waals surface area contributed by atoms with E-state index < -0.39 is 4.92 Å². The van der Waals surface area contributed by atoms with E-state index in [-0.39, 0.29) is 11.1 Å². The van der Waals surface area contributed by atoms with E-state index in [1.807, 2.05) is 5.38 Å². The first-order valence-electron chi connectivity index (χ1n) is 6.40. The highest BCUT2D eigenvalue weighted by Crippen LogP contribution is 2.29. The lowest BCUT2D eigenvalue weighted by molar-refractivity contribution is -0.384. The number of nitrogens with one attached hydrogen (secondary N) is 1. The number of thiazole rings is 1. The Morgan fingerprint density at radius 2 is 2.14 bits per heavy atom. The average Bonchev–Trinajstić information content (AvgIpc) is 2.84. The molecule has 1 heterocycles. The molecular weight excluding hydrogens is 310 g/mol. The maximum absolute atomic E-state index is 11.0. The molecule has 7 heteroatoms. The second kappa shape index (κ2) is 5.99. The average molecular weight is 326 g/mol. The van der Waals surface area contributed by atoms with Gasteiger partial charge in [-0.05, 0) is 12.1 Å². The number of nitro benzene ring substituents is 1. The van der Waals surface area contributed by atoms with Crippen molar-refractivity contribution < 1.29 is 4.92 Å². The summed E-state index contributed by atoms with van der Waals surface area (Å²) in [5.74, 6) is 0. The van der Waals surface area contributed by atoms with Gasteiger partial charge in [-0.15, -0.1) is 11.3 Å². The van der Waals surface area contributed by atoms with Crippen molar-refractivity contribution in [3.05, 3.63) is 49.4 Å². The fourth-order valence-corrected chi connectivity index (χ4v) is 2.81. The molecule has 0 unspecified atom stereocenters. The molecule has 0 bridgehead atoms.